The topological polar surface area (TPSA) is 69.7 Å². The maximum atomic E-state index is 4.46. The zero-order valence-electron chi connectivity index (χ0n) is 13.4. The van der Waals surface area contributed by atoms with E-state index in [4.69, 9.17) is 0 Å². The standard InChI is InChI=1S/C16H24N6/c1-3-7-17-16-18-8-12(9-19-16)10-22(2)11-15-13-5-4-6-14(13)20-21-15/h8-9H,3-7,10-11H2,1-2H3,(H,20,21)(H,17,18,19). The number of aromatic nitrogens is 4. The van der Waals surface area contributed by atoms with E-state index < -0.39 is 0 Å². The lowest BCUT2D eigenvalue weighted by atomic mass is 10.2. The summed E-state index contributed by atoms with van der Waals surface area (Å²) in [7, 11) is 2.11. The maximum Gasteiger partial charge on any atom is 0.222 e. The Morgan fingerprint density at radius 2 is 2.05 bits per heavy atom. The molecule has 0 spiro atoms. The quantitative estimate of drug-likeness (QED) is 0.820. The van der Waals surface area contributed by atoms with Crippen LogP contribution in [0.4, 0.5) is 5.95 Å². The third-order valence-electron chi connectivity index (χ3n) is 4.00. The lowest BCUT2D eigenvalue weighted by Crippen LogP contribution is -2.18. The van der Waals surface area contributed by atoms with Gasteiger partial charge in [-0.25, -0.2) is 9.97 Å². The summed E-state index contributed by atoms with van der Waals surface area (Å²) in [5, 5.41) is 10.8. The minimum atomic E-state index is 0.707. The number of nitrogens with one attached hydrogen (secondary N) is 2. The van der Waals surface area contributed by atoms with Crippen molar-refractivity contribution in [3.63, 3.8) is 0 Å². The Morgan fingerprint density at radius 1 is 1.23 bits per heavy atom. The number of fused-ring (bicyclic) bond motifs is 1. The van der Waals surface area contributed by atoms with Crippen molar-refractivity contribution < 1.29 is 0 Å². The van der Waals surface area contributed by atoms with E-state index in [0.29, 0.717) is 5.95 Å². The van der Waals surface area contributed by atoms with Crippen LogP contribution in [0.3, 0.4) is 0 Å². The molecule has 2 aromatic rings. The molecule has 22 heavy (non-hydrogen) atoms. The molecule has 1 aliphatic carbocycles. The second kappa shape index (κ2) is 6.87. The van der Waals surface area contributed by atoms with Crippen molar-refractivity contribution in [2.75, 3.05) is 18.9 Å². The van der Waals surface area contributed by atoms with Gasteiger partial charge >= 0.3 is 0 Å². The summed E-state index contributed by atoms with van der Waals surface area (Å²) in [6, 6.07) is 0. The van der Waals surface area contributed by atoms with Gasteiger partial charge in [0.15, 0.2) is 0 Å². The third-order valence-corrected chi connectivity index (χ3v) is 4.00. The second-order valence-electron chi connectivity index (χ2n) is 5.99. The summed E-state index contributed by atoms with van der Waals surface area (Å²) in [5.41, 5.74) is 5.08. The van der Waals surface area contributed by atoms with Crippen molar-refractivity contribution in [2.45, 2.75) is 45.7 Å². The fraction of sp³-hybridized carbons (Fsp3) is 0.562. The van der Waals surface area contributed by atoms with Crippen LogP contribution in [-0.4, -0.2) is 38.7 Å². The van der Waals surface area contributed by atoms with E-state index in [2.05, 4.69) is 44.4 Å². The lowest BCUT2D eigenvalue weighted by molar-refractivity contribution is 0.313. The van der Waals surface area contributed by atoms with Crippen molar-refractivity contribution in [3.8, 4) is 0 Å². The molecule has 0 aromatic carbocycles. The number of hydrogen-bond acceptors (Lipinski definition) is 5. The third kappa shape index (κ3) is 3.44. The van der Waals surface area contributed by atoms with Crippen LogP contribution in [0.25, 0.3) is 0 Å². The van der Waals surface area contributed by atoms with Crippen molar-refractivity contribution in [1.29, 1.82) is 0 Å². The molecule has 6 heteroatoms. The van der Waals surface area contributed by atoms with E-state index in [1.165, 1.54) is 23.4 Å². The van der Waals surface area contributed by atoms with Crippen molar-refractivity contribution >= 4 is 5.95 Å². The van der Waals surface area contributed by atoms with Crippen LogP contribution < -0.4 is 5.32 Å². The number of aryl methyl sites for hydroxylation is 1. The van der Waals surface area contributed by atoms with Crippen molar-refractivity contribution in [1.82, 2.24) is 25.1 Å². The number of hydrogen-bond donors (Lipinski definition) is 2. The van der Waals surface area contributed by atoms with Gasteiger partial charge in [0.05, 0.1) is 5.69 Å². The molecule has 2 N–H and O–H groups in total. The Kier molecular flexibility index (Phi) is 4.68. The van der Waals surface area contributed by atoms with E-state index in [1.807, 2.05) is 12.4 Å². The molecule has 0 atom stereocenters. The first-order chi connectivity index (χ1) is 10.8. The number of anilines is 1. The monoisotopic (exact) mass is 300 g/mol. The predicted molar refractivity (Wildman–Crippen MR) is 86.6 cm³/mol. The van der Waals surface area contributed by atoms with Crippen LogP contribution in [-0.2, 0) is 25.9 Å². The molecule has 0 saturated heterocycles. The molecule has 0 unspecified atom stereocenters. The average Bonchev–Trinajstić information content (AvgIpc) is 3.12. The van der Waals surface area contributed by atoms with E-state index >= 15 is 0 Å². The summed E-state index contributed by atoms with van der Waals surface area (Å²) >= 11 is 0. The molecular weight excluding hydrogens is 276 g/mol. The van der Waals surface area contributed by atoms with Crippen LogP contribution in [0.5, 0.6) is 0 Å². The molecule has 0 amide bonds. The van der Waals surface area contributed by atoms with Gasteiger partial charge in [-0.05, 0) is 38.3 Å². The molecule has 2 heterocycles. The van der Waals surface area contributed by atoms with E-state index in [9.17, 15) is 0 Å². The highest BCUT2D eigenvalue weighted by Crippen LogP contribution is 2.23. The normalized spacial score (nSPS) is 13.6. The molecule has 0 fully saturated rings. The first-order valence-electron chi connectivity index (χ1n) is 8.04. The van der Waals surface area contributed by atoms with Gasteiger partial charge in [-0.15, -0.1) is 0 Å². The summed E-state index contributed by atoms with van der Waals surface area (Å²) in [4.78, 5) is 11.0. The Balaban J connectivity index is 1.56. The molecular formula is C16H24N6. The van der Waals surface area contributed by atoms with E-state index in [1.54, 1.807) is 0 Å². The van der Waals surface area contributed by atoms with Gasteiger partial charge in [0.2, 0.25) is 5.95 Å². The summed E-state index contributed by atoms with van der Waals surface area (Å²) in [5.74, 6) is 0.707. The Bertz CT molecular complexity index is 604. The van der Waals surface area contributed by atoms with Crippen LogP contribution >= 0.6 is 0 Å². The number of H-pyrrole nitrogens is 1. The van der Waals surface area contributed by atoms with E-state index in [0.717, 1.165) is 44.5 Å². The fourth-order valence-corrected chi connectivity index (χ4v) is 2.91. The molecule has 0 bridgehead atoms. The first-order valence-corrected chi connectivity index (χ1v) is 8.04. The van der Waals surface area contributed by atoms with Gasteiger partial charge < -0.3 is 5.32 Å². The molecule has 0 aliphatic heterocycles. The Hall–Kier alpha value is -1.95. The lowest BCUT2D eigenvalue weighted by Gasteiger charge is -2.15. The number of rotatable bonds is 7. The van der Waals surface area contributed by atoms with Gasteiger partial charge in [-0.1, -0.05) is 6.92 Å². The van der Waals surface area contributed by atoms with E-state index in [-0.39, 0.29) is 0 Å². The van der Waals surface area contributed by atoms with Crippen molar-refractivity contribution in [3.05, 3.63) is 34.9 Å². The Labute approximate surface area is 131 Å². The molecule has 2 aromatic heterocycles. The average molecular weight is 300 g/mol. The minimum absolute atomic E-state index is 0.707. The summed E-state index contributed by atoms with van der Waals surface area (Å²) < 4.78 is 0. The van der Waals surface area contributed by atoms with Gasteiger partial charge in [-0.3, -0.25) is 10.00 Å². The van der Waals surface area contributed by atoms with Gasteiger partial charge in [-0.2, -0.15) is 5.10 Å². The van der Waals surface area contributed by atoms with Crippen LogP contribution in [0.2, 0.25) is 0 Å². The molecule has 6 nitrogen and oxygen atoms in total. The van der Waals surface area contributed by atoms with Gasteiger partial charge in [0.25, 0.3) is 0 Å². The van der Waals surface area contributed by atoms with Crippen LogP contribution in [0, 0.1) is 0 Å². The molecule has 118 valence electrons. The van der Waals surface area contributed by atoms with Crippen molar-refractivity contribution in [2.24, 2.45) is 0 Å². The predicted octanol–water partition coefficient (Wildman–Crippen LogP) is 2.14. The highest BCUT2D eigenvalue weighted by atomic mass is 15.2. The maximum absolute atomic E-state index is 4.46. The molecule has 1 aliphatic rings. The Morgan fingerprint density at radius 3 is 2.82 bits per heavy atom. The number of aromatic amines is 1. The number of nitrogens with zero attached hydrogens (tertiary/aromatic N) is 4. The minimum Gasteiger partial charge on any atom is -0.354 e. The zero-order chi connectivity index (χ0) is 15.4. The first kappa shape index (κ1) is 15.0. The van der Waals surface area contributed by atoms with Crippen LogP contribution in [0.15, 0.2) is 12.4 Å². The fourth-order valence-electron chi connectivity index (χ4n) is 2.91. The van der Waals surface area contributed by atoms with Crippen LogP contribution in [0.1, 0.15) is 42.3 Å². The molecule has 0 saturated carbocycles. The molecule has 0 radical (unpaired) electrons. The SMILES string of the molecule is CCCNc1ncc(CN(C)Cc2n[nH]c3c2CCC3)cn1. The smallest absolute Gasteiger partial charge is 0.222 e. The summed E-state index contributed by atoms with van der Waals surface area (Å²) in [6.07, 6.45) is 8.43. The zero-order valence-corrected chi connectivity index (χ0v) is 13.4. The highest BCUT2D eigenvalue weighted by molar-refractivity contribution is 5.29. The second-order valence-corrected chi connectivity index (χ2v) is 5.99. The highest BCUT2D eigenvalue weighted by Gasteiger charge is 2.19. The van der Waals surface area contributed by atoms with Gasteiger partial charge in [0, 0.05) is 43.3 Å². The molecule has 3 rings (SSSR count). The largest absolute Gasteiger partial charge is 0.354 e. The summed E-state index contributed by atoms with van der Waals surface area (Å²) in [6.45, 7) is 4.73. The van der Waals surface area contributed by atoms with Gasteiger partial charge in [0.1, 0.15) is 0 Å².